The van der Waals surface area contributed by atoms with Crippen molar-refractivity contribution in [3.05, 3.63) is 10.7 Å². The van der Waals surface area contributed by atoms with Crippen molar-refractivity contribution in [1.82, 2.24) is 9.97 Å². The standard InChI is InChI=1S/C10H15BrN4O/c1-10(16)3-2-4-15(6-10)8-7(11)5-13-9(12)14-8/h5,16H,2-4,6H2,1H3,(H2,12,13,14). The van der Waals surface area contributed by atoms with E-state index in [0.717, 1.165) is 29.7 Å². The monoisotopic (exact) mass is 286 g/mol. The van der Waals surface area contributed by atoms with E-state index in [1.807, 2.05) is 11.8 Å². The molecule has 16 heavy (non-hydrogen) atoms. The maximum Gasteiger partial charge on any atom is 0.222 e. The first-order chi connectivity index (χ1) is 7.48. The molecule has 1 saturated heterocycles. The van der Waals surface area contributed by atoms with Crippen molar-refractivity contribution in [2.75, 3.05) is 23.7 Å². The van der Waals surface area contributed by atoms with Gasteiger partial charge in [-0.15, -0.1) is 0 Å². The Morgan fingerprint density at radius 2 is 2.38 bits per heavy atom. The van der Waals surface area contributed by atoms with Crippen molar-refractivity contribution in [2.45, 2.75) is 25.4 Å². The number of nitrogens with two attached hydrogens (primary N) is 1. The van der Waals surface area contributed by atoms with E-state index < -0.39 is 5.60 Å². The lowest BCUT2D eigenvalue weighted by Crippen LogP contribution is -2.46. The molecule has 1 fully saturated rings. The Kier molecular flexibility index (Phi) is 3.03. The molecule has 1 aromatic rings. The van der Waals surface area contributed by atoms with Crippen LogP contribution >= 0.6 is 15.9 Å². The third-order valence-corrected chi connectivity index (χ3v) is 3.28. The third-order valence-electron chi connectivity index (χ3n) is 2.72. The summed E-state index contributed by atoms with van der Waals surface area (Å²) in [5.74, 6) is 1.01. The van der Waals surface area contributed by atoms with Gasteiger partial charge in [-0.3, -0.25) is 0 Å². The molecular formula is C10H15BrN4O. The molecule has 0 aromatic carbocycles. The Labute approximate surface area is 103 Å². The molecule has 2 rings (SSSR count). The first kappa shape index (κ1) is 11.6. The van der Waals surface area contributed by atoms with Gasteiger partial charge in [-0.25, -0.2) is 4.98 Å². The van der Waals surface area contributed by atoms with Crippen LogP contribution in [0.5, 0.6) is 0 Å². The Hall–Kier alpha value is -0.880. The van der Waals surface area contributed by atoms with Gasteiger partial charge in [0, 0.05) is 19.3 Å². The molecule has 5 nitrogen and oxygen atoms in total. The summed E-state index contributed by atoms with van der Waals surface area (Å²) in [6, 6.07) is 0. The summed E-state index contributed by atoms with van der Waals surface area (Å²) in [6.45, 7) is 3.30. The van der Waals surface area contributed by atoms with Gasteiger partial charge in [0.2, 0.25) is 5.95 Å². The SMILES string of the molecule is CC1(O)CCCN(c2nc(N)ncc2Br)C1. The Morgan fingerprint density at radius 1 is 1.62 bits per heavy atom. The molecule has 0 radical (unpaired) electrons. The second-order valence-electron chi connectivity index (χ2n) is 4.42. The molecule has 1 aliphatic rings. The van der Waals surface area contributed by atoms with Crippen LogP contribution < -0.4 is 10.6 Å². The van der Waals surface area contributed by atoms with Gasteiger partial charge in [0.25, 0.3) is 0 Å². The third kappa shape index (κ3) is 2.44. The molecule has 1 atom stereocenters. The summed E-state index contributed by atoms with van der Waals surface area (Å²) >= 11 is 3.40. The van der Waals surface area contributed by atoms with E-state index in [1.165, 1.54) is 0 Å². The Balaban J connectivity index is 2.26. The van der Waals surface area contributed by atoms with Crippen molar-refractivity contribution in [3.8, 4) is 0 Å². The number of halogens is 1. The first-order valence-electron chi connectivity index (χ1n) is 5.23. The highest BCUT2D eigenvalue weighted by Crippen LogP contribution is 2.29. The quantitative estimate of drug-likeness (QED) is 0.811. The lowest BCUT2D eigenvalue weighted by Gasteiger charge is -2.37. The fraction of sp³-hybridized carbons (Fsp3) is 0.600. The number of piperidine rings is 1. The summed E-state index contributed by atoms with van der Waals surface area (Å²) in [7, 11) is 0. The topological polar surface area (TPSA) is 75.3 Å². The van der Waals surface area contributed by atoms with Crippen LogP contribution in [0.2, 0.25) is 0 Å². The second kappa shape index (κ2) is 4.18. The minimum absolute atomic E-state index is 0.253. The maximum atomic E-state index is 10.0. The average molecular weight is 287 g/mol. The number of nitrogens with zero attached hydrogens (tertiary/aromatic N) is 3. The molecule has 0 saturated carbocycles. The van der Waals surface area contributed by atoms with Crippen LogP contribution in [-0.2, 0) is 0 Å². The number of aliphatic hydroxyl groups is 1. The van der Waals surface area contributed by atoms with Crippen molar-refractivity contribution < 1.29 is 5.11 Å². The minimum Gasteiger partial charge on any atom is -0.388 e. The molecule has 0 bridgehead atoms. The van der Waals surface area contributed by atoms with E-state index in [4.69, 9.17) is 5.73 Å². The summed E-state index contributed by atoms with van der Waals surface area (Å²) in [5.41, 5.74) is 4.91. The zero-order valence-electron chi connectivity index (χ0n) is 9.15. The number of β-amino-alcohol motifs (C(OH)–C–C–N with tert-alkyl or cyclic N) is 1. The molecule has 3 N–H and O–H groups in total. The fourth-order valence-electron chi connectivity index (χ4n) is 1.99. The van der Waals surface area contributed by atoms with Crippen LogP contribution in [0.15, 0.2) is 10.7 Å². The van der Waals surface area contributed by atoms with E-state index in [2.05, 4.69) is 25.9 Å². The molecule has 1 aliphatic heterocycles. The molecule has 6 heteroatoms. The molecule has 2 heterocycles. The smallest absolute Gasteiger partial charge is 0.222 e. The van der Waals surface area contributed by atoms with Gasteiger partial charge >= 0.3 is 0 Å². The van der Waals surface area contributed by atoms with Crippen molar-refractivity contribution >= 4 is 27.7 Å². The second-order valence-corrected chi connectivity index (χ2v) is 5.28. The highest BCUT2D eigenvalue weighted by Gasteiger charge is 2.29. The molecule has 0 amide bonds. The largest absolute Gasteiger partial charge is 0.388 e. The Morgan fingerprint density at radius 3 is 3.06 bits per heavy atom. The van der Waals surface area contributed by atoms with E-state index >= 15 is 0 Å². The van der Waals surface area contributed by atoms with Gasteiger partial charge in [0.1, 0.15) is 5.82 Å². The van der Waals surface area contributed by atoms with E-state index in [9.17, 15) is 5.11 Å². The first-order valence-corrected chi connectivity index (χ1v) is 6.03. The van der Waals surface area contributed by atoms with Crippen LogP contribution in [-0.4, -0.2) is 33.8 Å². The van der Waals surface area contributed by atoms with Gasteiger partial charge in [-0.05, 0) is 35.7 Å². The van der Waals surface area contributed by atoms with Crippen LogP contribution in [0.1, 0.15) is 19.8 Å². The lowest BCUT2D eigenvalue weighted by molar-refractivity contribution is 0.0446. The molecule has 88 valence electrons. The number of aromatic nitrogens is 2. The summed E-state index contributed by atoms with van der Waals surface area (Å²) < 4.78 is 0.805. The van der Waals surface area contributed by atoms with E-state index in [0.29, 0.717) is 6.54 Å². The van der Waals surface area contributed by atoms with E-state index in [-0.39, 0.29) is 5.95 Å². The normalized spacial score (nSPS) is 25.8. The van der Waals surface area contributed by atoms with Gasteiger partial charge in [-0.2, -0.15) is 4.98 Å². The molecule has 1 unspecified atom stereocenters. The van der Waals surface area contributed by atoms with Crippen molar-refractivity contribution in [3.63, 3.8) is 0 Å². The summed E-state index contributed by atoms with van der Waals surface area (Å²) in [6.07, 6.45) is 3.41. The zero-order valence-corrected chi connectivity index (χ0v) is 10.7. The predicted octanol–water partition coefficient (Wildman–Crippen LogP) is 1.17. The lowest BCUT2D eigenvalue weighted by atomic mass is 9.95. The highest BCUT2D eigenvalue weighted by molar-refractivity contribution is 9.10. The average Bonchev–Trinajstić information content (AvgIpc) is 2.20. The molecule has 0 spiro atoms. The fourth-order valence-corrected chi connectivity index (χ4v) is 2.44. The van der Waals surface area contributed by atoms with Crippen LogP contribution in [0.4, 0.5) is 11.8 Å². The maximum absolute atomic E-state index is 10.0. The van der Waals surface area contributed by atoms with Crippen molar-refractivity contribution in [1.29, 1.82) is 0 Å². The van der Waals surface area contributed by atoms with Crippen LogP contribution in [0.3, 0.4) is 0 Å². The van der Waals surface area contributed by atoms with Gasteiger partial charge < -0.3 is 15.7 Å². The highest BCUT2D eigenvalue weighted by atomic mass is 79.9. The van der Waals surface area contributed by atoms with Gasteiger partial charge in [0.15, 0.2) is 0 Å². The zero-order chi connectivity index (χ0) is 11.8. The van der Waals surface area contributed by atoms with Crippen LogP contribution in [0.25, 0.3) is 0 Å². The number of anilines is 2. The predicted molar refractivity (Wildman–Crippen MR) is 66.2 cm³/mol. The summed E-state index contributed by atoms with van der Waals surface area (Å²) in [4.78, 5) is 10.1. The van der Waals surface area contributed by atoms with Gasteiger partial charge in [-0.1, -0.05) is 0 Å². The van der Waals surface area contributed by atoms with Crippen molar-refractivity contribution in [2.24, 2.45) is 0 Å². The summed E-state index contributed by atoms with van der Waals surface area (Å²) in [5, 5.41) is 10.0. The number of rotatable bonds is 1. The number of nitrogen functional groups attached to an aromatic ring is 1. The van der Waals surface area contributed by atoms with Gasteiger partial charge in [0.05, 0.1) is 10.1 Å². The molecular weight excluding hydrogens is 272 g/mol. The number of hydrogen-bond acceptors (Lipinski definition) is 5. The molecule has 0 aliphatic carbocycles. The number of hydrogen-bond donors (Lipinski definition) is 2. The molecule has 1 aromatic heterocycles. The van der Waals surface area contributed by atoms with E-state index in [1.54, 1.807) is 6.20 Å². The Bertz CT molecular complexity index is 396. The van der Waals surface area contributed by atoms with Crippen LogP contribution in [0, 0.1) is 0 Å². The minimum atomic E-state index is -0.655.